The van der Waals surface area contributed by atoms with Gasteiger partial charge in [0.25, 0.3) is 5.91 Å². The number of hydrogen-bond donors (Lipinski definition) is 3. The zero-order valence-electron chi connectivity index (χ0n) is 14.0. The first-order valence-electron chi connectivity index (χ1n) is 8.15. The minimum Gasteiger partial charge on any atom is -0.324 e. The molecule has 1 aliphatic heterocycles. The van der Waals surface area contributed by atoms with Gasteiger partial charge in [0.15, 0.2) is 0 Å². The van der Waals surface area contributed by atoms with Crippen molar-refractivity contribution in [1.82, 2.24) is 5.32 Å². The van der Waals surface area contributed by atoms with Crippen LogP contribution < -0.4 is 16.0 Å². The van der Waals surface area contributed by atoms with E-state index in [9.17, 15) is 9.59 Å². The van der Waals surface area contributed by atoms with Crippen molar-refractivity contribution in [1.29, 1.82) is 0 Å². The van der Waals surface area contributed by atoms with Crippen LogP contribution in [0.15, 0.2) is 48.5 Å². The lowest BCUT2D eigenvalue weighted by Gasteiger charge is -2.16. The Morgan fingerprint density at radius 2 is 1.68 bits per heavy atom. The van der Waals surface area contributed by atoms with Crippen molar-refractivity contribution in [2.45, 2.75) is 25.8 Å². The smallest absolute Gasteiger partial charge is 0.255 e. The first kappa shape index (κ1) is 19.0. The van der Waals surface area contributed by atoms with Crippen LogP contribution in [0.3, 0.4) is 0 Å². The number of benzene rings is 2. The van der Waals surface area contributed by atoms with Crippen LogP contribution in [0, 0.1) is 6.92 Å². The molecule has 25 heavy (non-hydrogen) atoms. The molecule has 0 radical (unpaired) electrons. The summed E-state index contributed by atoms with van der Waals surface area (Å²) in [5.41, 5.74) is 2.86. The fourth-order valence-electron chi connectivity index (χ4n) is 2.82. The molecule has 1 unspecified atom stereocenters. The molecular formula is C19H22ClN3O2. The molecule has 0 aliphatic carbocycles. The third-order valence-corrected chi connectivity index (χ3v) is 4.25. The Hall–Kier alpha value is -2.37. The number of hydrogen-bond acceptors (Lipinski definition) is 3. The molecule has 0 aromatic heterocycles. The van der Waals surface area contributed by atoms with Crippen LogP contribution in [0.25, 0.3) is 0 Å². The van der Waals surface area contributed by atoms with E-state index in [-0.39, 0.29) is 30.3 Å². The molecular weight excluding hydrogens is 338 g/mol. The molecule has 0 bridgehead atoms. The number of anilines is 2. The van der Waals surface area contributed by atoms with E-state index >= 15 is 0 Å². The monoisotopic (exact) mass is 359 g/mol. The maximum atomic E-state index is 12.3. The fraction of sp³-hybridized carbons (Fsp3) is 0.263. The lowest BCUT2D eigenvalue weighted by molar-refractivity contribution is -0.117. The Labute approximate surface area is 153 Å². The minimum absolute atomic E-state index is 0. The SMILES string of the molecule is Cc1c(NC(=O)c2ccccc2)cccc1NC(=O)C1CCCN1.Cl. The van der Waals surface area contributed by atoms with Gasteiger partial charge >= 0.3 is 0 Å². The van der Waals surface area contributed by atoms with Gasteiger partial charge in [-0.15, -0.1) is 12.4 Å². The van der Waals surface area contributed by atoms with Crippen molar-refractivity contribution in [2.75, 3.05) is 17.2 Å². The van der Waals surface area contributed by atoms with Crippen LogP contribution in [0.2, 0.25) is 0 Å². The highest BCUT2D eigenvalue weighted by molar-refractivity contribution is 6.05. The highest BCUT2D eigenvalue weighted by Gasteiger charge is 2.22. The van der Waals surface area contributed by atoms with Crippen LogP contribution in [0.5, 0.6) is 0 Å². The van der Waals surface area contributed by atoms with Crippen LogP contribution in [-0.2, 0) is 4.79 Å². The lowest BCUT2D eigenvalue weighted by Crippen LogP contribution is -2.35. The summed E-state index contributed by atoms with van der Waals surface area (Å²) in [6.45, 7) is 2.77. The first-order chi connectivity index (χ1) is 11.6. The van der Waals surface area contributed by atoms with Crippen molar-refractivity contribution in [2.24, 2.45) is 0 Å². The van der Waals surface area contributed by atoms with Crippen LogP contribution >= 0.6 is 12.4 Å². The van der Waals surface area contributed by atoms with Gasteiger partial charge in [0.2, 0.25) is 5.91 Å². The Morgan fingerprint density at radius 1 is 1.00 bits per heavy atom. The number of amides is 2. The summed E-state index contributed by atoms with van der Waals surface area (Å²) in [7, 11) is 0. The second kappa shape index (κ2) is 8.65. The Kier molecular flexibility index (Phi) is 6.56. The number of rotatable bonds is 4. The predicted octanol–water partition coefficient (Wildman–Crippen LogP) is 3.36. The predicted molar refractivity (Wildman–Crippen MR) is 102 cm³/mol. The van der Waals surface area contributed by atoms with Gasteiger partial charge in [0.05, 0.1) is 6.04 Å². The van der Waals surface area contributed by atoms with Crippen LogP contribution in [0.4, 0.5) is 11.4 Å². The van der Waals surface area contributed by atoms with Gasteiger partial charge in [-0.1, -0.05) is 24.3 Å². The molecule has 0 spiro atoms. The van der Waals surface area contributed by atoms with E-state index in [4.69, 9.17) is 0 Å². The summed E-state index contributed by atoms with van der Waals surface area (Å²) in [4.78, 5) is 24.6. The van der Waals surface area contributed by atoms with Crippen molar-refractivity contribution in [3.8, 4) is 0 Å². The van der Waals surface area contributed by atoms with Crippen LogP contribution in [0.1, 0.15) is 28.8 Å². The summed E-state index contributed by atoms with van der Waals surface area (Å²) in [6.07, 6.45) is 1.87. The number of nitrogens with one attached hydrogen (secondary N) is 3. The maximum Gasteiger partial charge on any atom is 0.255 e. The van der Waals surface area contributed by atoms with E-state index < -0.39 is 0 Å². The number of carbonyl (C=O) groups excluding carboxylic acids is 2. The third kappa shape index (κ3) is 4.59. The molecule has 5 nitrogen and oxygen atoms in total. The van der Waals surface area contributed by atoms with Crippen LogP contribution in [-0.4, -0.2) is 24.4 Å². The van der Waals surface area contributed by atoms with Crippen molar-refractivity contribution < 1.29 is 9.59 Å². The van der Waals surface area contributed by atoms with Crippen molar-refractivity contribution >= 4 is 35.6 Å². The minimum atomic E-state index is -0.167. The molecule has 1 heterocycles. The molecule has 2 amide bonds. The Morgan fingerprint density at radius 3 is 2.32 bits per heavy atom. The lowest BCUT2D eigenvalue weighted by atomic mass is 10.1. The Balaban J connectivity index is 0.00000225. The Bertz CT molecular complexity index is 744. The van der Waals surface area contributed by atoms with E-state index in [1.807, 2.05) is 43.3 Å². The first-order valence-corrected chi connectivity index (χ1v) is 8.15. The second-order valence-electron chi connectivity index (χ2n) is 5.94. The fourth-order valence-corrected chi connectivity index (χ4v) is 2.82. The third-order valence-electron chi connectivity index (χ3n) is 4.25. The molecule has 1 aliphatic rings. The molecule has 3 N–H and O–H groups in total. The van der Waals surface area contributed by atoms with Gasteiger partial charge in [-0.25, -0.2) is 0 Å². The zero-order chi connectivity index (χ0) is 16.9. The van der Waals surface area contributed by atoms with Gasteiger partial charge < -0.3 is 16.0 Å². The standard InChI is InChI=1S/C19H21N3O2.ClH/c1-13-15(21-18(23)14-7-3-2-4-8-14)9-5-10-16(13)22-19(24)17-11-6-12-20-17;/h2-5,7-10,17,20H,6,11-12H2,1H3,(H,21,23)(H,22,24);1H. The van der Waals surface area contributed by atoms with E-state index in [0.29, 0.717) is 11.3 Å². The summed E-state index contributed by atoms with van der Waals surface area (Å²) < 4.78 is 0. The molecule has 0 saturated carbocycles. The highest BCUT2D eigenvalue weighted by Crippen LogP contribution is 2.24. The zero-order valence-corrected chi connectivity index (χ0v) is 14.9. The number of carbonyl (C=O) groups is 2. The maximum absolute atomic E-state index is 12.3. The van der Waals surface area contributed by atoms with Gasteiger partial charge in [0, 0.05) is 16.9 Å². The highest BCUT2D eigenvalue weighted by atomic mass is 35.5. The van der Waals surface area contributed by atoms with Gasteiger partial charge in [0.1, 0.15) is 0 Å². The van der Waals surface area contributed by atoms with Gasteiger partial charge in [-0.2, -0.15) is 0 Å². The molecule has 1 fully saturated rings. The summed E-state index contributed by atoms with van der Waals surface area (Å²) in [5.74, 6) is -0.193. The second-order valence-corrected chi connectivity index (χ2v) is 5.94. The summed E-state index contributed by atoms with van der Waals surface area (Å²) in [5, 5.41) is 9.04. The molecule has 1 atom stereocenters. The average molecular weight is 360 g/mol. The van der Waals surface area contributed by atoms with E-state index in [1.165, 1.54) is 0 Å². The number of halogens is 1. The van der Waals surface area contributed by atoms with Gasteiger partial charge in [-0.3, -0.25) is 9.59 Å². The summed E-state index contributed by atoms with van der Waals surface area (Å²) in [6, 6.07) is 14.4. The molecule has 2 aromatic carbocycles. The van der Waals surface area contributed by atoms with Crippen molar-refractivity contribution in [3.63, 3.8) is 0 Å². The van der Waals surface area contributed by atoms with E-state index in [1.54, 1.807) is 12.1 Å². The quantitative estimate of drug-likeness (QED) is 0.784. The van der Waals surface area contributed by atoms with Gasteiger partial charge in [-0.05, 0) is 56.1 Å². The molecule has 3 rings (SSSR count). The van der Waals surface area contributed by atoms with E-state index in [0.717, 1.165) is 30.6 Å². The normalized spacial score (nSPS) is 16.0. The largest absolute Gasteiger partial charge is 0.324 e. The van der Waals surface area contributed by atoms with E-state index in [2.05, 4.69) is 16.0 Å². The average Bonchev–Trinajstić information content (AvgIpc) is 3.14. The molecule has 1 saturated heterocycles. The topological polar surface area (TPSA) is 70.2 Å². The van der Waals surface area contributed by atoms with Crippen molar-refractivity contribution in [3.05, 3.63) is 59.7 Å². The summed E-state index contributed by atoms with van der Waals surface area (Å²) >= 11 is 0. The molecule has 6 heteroatoms. The molecule has 2 aromatic rings. The molecule has 132 valence electrons.